The first-order valence-electron chi connectivity index (χ1n) is 7.84. The fourth-order valence-electron chi connectivity index (χ4n) is 2.77. The summed E-state index contributed by atoms with van der Waals surface area (Å²) in [5.41, 5.74) is 0. The minimum atomic E-state index is -0.0894. The lowest BCUT2D eigenvalue weighted by molar-refractivity contribution is -0.118. The summed E-state index contributed by atoms with van der Waals surface area (Å²) in [6.07, 6.45) is 4.51. The van der Waals surface area contributed by atoms with E-state index in [4.69, 9.17) is 4.42 Å². The van der Waals surface area contributed by atoms with Gasteiger partial charge in [-0.15, -0.1) is 5.10 Å². The fraction of sp³-hybridized carbons (Fsp3) is 0.786. The average molecular weight is 293 g/mol. The SMILES string of the molecule is CCN(CC(=O)Nc1nnc(C2CC2)o1)C1CCCNC1. The van der Waals surface area contributed by atoms with E-state index in [-0.39, 0.29) is 11.9 Å². The molecule has 7 heteroatoms. The molecule has 1 aromatic rings. The Bertz CT molecular complexity index is 479. The molecular formula is C14H23N5O2. The van der Waals surface area contributed by atoms with E-state index in [1.807, 2.05) is 0 Å². The molecule has 3 rings (SSSR count). The topological polar surface area (TPSA) is 83.3 Å². The molecule has 0 radical (unpaired) electrons. The molecule has 116 valence electrons. The van der Waals surface area contributed by atoms with Crippen LogP contribution in [0.25, 0.3) is 0 Å². The summed E-state index contributed by atoms with van der Waals surface area (Å²) in [7, 11) is 0. The third-order valence-corrected chi connectivity index (χ3v) is 4.15. The zero-order valence-corrected chi connectivity index (χ0v) is 12.5. The highest BCUT2D eigenvalue weighted by Gasteiger charge is 2.29. The molecule has 1 aliphatic carbocycles. The van der Waals surface area contributed by atoms with Crippen LogP contribution in [-0.4, -0.2) is 53.2 Å². The summed E-state index contributed by atoms with van der Waals surface area (Å²) >= 11 is 0. The summed E-state index contributed by atoms with van der Waals surface area (Å²) in [5, 5.41) is 13.9. The Morgan fingerprint density at radius 1 is 1.43 bits per heavy atom. The first kappa shape index (κ1) is 14.5. The zero-order valence-electron chi connectivity index (χ0n) is 12.5. The lowest BCUT2D eigenvalue weighted by Gasteiger charge is -2.33. The van der Waals surface area contributed by atoms with Gasteiger partial charge in [0, 0.05) is 18.5 Å². The molecular weight excluding hydrogens is 270 g/mol. The number of hydrogen-bond donors (Lipinski definition) is 2. The van der Waals surface area contributed by atoms with E-state index in [1.54, 1.807) is 0 Å². The summed E-state index contributed by atoms with van der Waals surface area (Å²) < 4.78 is 5.45. The third kappa shape index (κ3) is 3.79. The quantitative estimate of drug-likeness (QED) is 0.813. The Balaban J connectivity index is 1.51. The second-order valence-corrected chi connectivity index (χ2v) is 5.83. The van der Waals surface area contributed by atoms with E-state index in [0.29, 0.717) is 24.4 Å². The molecule has 1 saturated carbocycles. The maximum atomic E-state index is 12.1. The number of anilines is 1. The van der Waals surface area contributed by atoms with E-state index in [0.717, 1.165) is 45.3 Å². The van der Waals surface area contributed by atoms with Gasteiger partial charge in [-0.2, -0.15) is 0 Å². The standard InChI is InChI=1S/C14H23N5O2/c1-2-19(11-4-3-7-15-8-11)9-12(20)16-14-18-17-13(21-14)10-5-6-10/h10-11,15H,2-9H2,1H3,(H,16,18,20). The van der Waals surface area contributed by atoms with Crippen molar-refractivity contribution in [3.63, 3.8) is 0 Å². The molecule has 2 fully saturated rings. The molecule has 1 saturated heterocycles. The van der Waals surface area contributed by atoms with E-state index >= 15 is 0 Å². The van der Waals surface area contributed by atoms with Crippen LogP contribution < -0.4 is 10.6 Å². The van der Waals surface area contributed by atoms with Crippen molar-refractivity contribution in [3.05, 3.63) is 5.89 Å². The van der Waals surface area contributed by atoms with Gasteiger partial charge in [0.1, 0.15) is 0 Å². The highest BCUT2D eigenvalue weighted by atomic mass is 16.4. The molecule has 21 heavy (non-hydrogen) atoms. The summed E-state index contributed by atoms with van der Waals surface area (Å²) in [4.78, 5) is 14.3. The van der Waals surface area contributed by atoms with Crippen molar-refractivity contribution < 1.29 is 9.21 Å². The second-order valence-electron chi connectivity index (χ2n) is 5.83. The van der Waals surface area contributed by atoms with Crippen LogP contribution in [0.1, 0.15) is 44.4 Å². The van der Waals surface area contributed by atoms with Gasteiger partial charge in [0.25, 0.3) is 0 Å². The van der Waals surface area contributed by atoms with Crippen LogP contribution in [0.15, 0.2) is 4.42 Å². The highest BCUT2D eigenvalue weighted by Crippen LogP contribution is 2.39. The zero-order chi connectivity index (χ0) is 14.7. The lowest BCUT2D eigenvalue weighted by atomic mass is 10.1. The summed E-state index contributed by atoms with van der Waals surface area (Å²) in [6.45, 7) is 5.33. The van der Waals surface area contributed by atoms with Gasteiger partial charge in [-0.25, -0.2) is 0 Å². The number of aromatic nitrogens is 2. The molecule has 1 unspecified atom stereocenters. The van der Waals surface area contributed by atoms with Gasteiger partial charge in [-0.1, -0.05) is 12.0 Å². The number of nitrogens with one attached hydrogen (secondary N) is 2. The number of nitrogens with zero attached hydrogens (tertiary/aromatic N) is 3. The van der Waals surface area contributed by atoms with E-state index in [1.165, 1.54) is 0 Å². The van der Waals surface area contributed by atoms with Crippen LogP contribution >= 0.6 is 0 Å². The number of amides is 1. The van der Waals surface area contributed by atoms with Crippen molar-refractivity contribution in [1.82, 2.24) is 20.4 Å². The maximum absolute atomic E-state index is 12.1. The molecule has 2 aliphatic rings. The molecule has 2 N–H and O–H groups in total. The first-order valence-corrected chi connectivity index (χ1v) is 7.84. The van der Waals surface area contributed by atoms with Gasteiger partial charge in [0.05, 0.1) is 6.54 Å². The predicted octanol–water partition coefficient (Wildman–Crippen LogP) is 0.959. The van der Waals surface area contributed by atoms with Crippen LogP contribution in [0.5, 0.6) is 0 Å². The van der Waals surface area contributed by atoms with Crippen LogP contribution in [0.2, 0.25) is 0 Å². The van der Waals surface area contributed by atoms with Crippen LogP contribution in [0.3, 0.4) is 0 Å². The molecule has 0 aromatic carbocycles. The van der Waals surface area contributed by atoms with E-state index in [2.05, 4.69) is 32.7 Å². The number of rotatable bonds is 6. The molecule has 2 heterocycles. The molecule has 1 aliphatic heterocycles. The van der Waals surface area contributed by atoms with Gasteiger partial charge < -0.3 is 9.73 Å². The molecule has 7 nitrogen and oxygen atoms in total. The van der Waals surface area contributed by atoms with Crippen molar-refractivity contribution in [2.24, 2.45) is 0 Å². The van der Waals surface area contributed by atoms with Crippen molar-refractivity contribution in [2.45, 2.75) is 44.6 Å². The second kappa shape index (κ2) is 6.53. The molecule has 1 atom stereocenters. The Hall–Kier alpha value is -1.47. The highest BCUT2D eigenvalue weighted by molar-refractivity contribution is 5.90. The van der Waals surface area contributed by atoms with E-state index < -0.39 is 0 Å². The number of carbonyl (C=O) groups is 1. The maximum Gasteiger partial charge on any atom is 0.322 e. The van der Waals surface area contributed by atoms with Crippen LogP contribution in [0.4, 0.5) is 6.01 Å². The van der Waals surface area contributed by atoms with Crippen molar-refractivity contribution in [1.29, 1.82) is 0 Å². The largest absolute Gasteiger partial charge is 0.408 e. The van der Waals surface area contributed by atoms with Crippen LogP contribution in [0, 0.1) is 0 Å². The number of likely N-dealkylation sites (N-methyl/N-ethyl adjacent to an activating group) is 1. The fourth-order valence-corrected chi connectivity index (χ4v) is 2.77. The van der Waals surface area contributed by atoms with E-state index in [9.17, 15) is 4.79 Å². The molecule has 0 bridgehead atoms. The summed E-state index contributed by atoms with van der Waals surface area (Å²) in [6, 6.07) is 0.652. The Morgan fingerprint density at radius 3 is 2.95 bits per heavy atom. The van der Waals surface area contributed by atoms with Gasteiger partial charge in [0.15, 0.2) is 0 Å². The van der Waals surface area contributed by atoms with Gasteiger partial charge in [-0.3, -0.25) is 15.0 Å². The minimum absolute atomic E-state index is 0.0894. The normalized spacial score (nSPS) is 22.5. The van der Waals surface area contributed by atoms with Gasteiger partial charge >= 0.3 is 6.01 Å². The van der Waals surface area contributed by atoms with Crippen molar-refractivity contribution in [3.8, 4) is 0 Å². The first-order chi connectivity index (χ1) is 10.3. The van der Waals surface area contributed by atoms with Crippen LogP contribution in [-0.2, 0) is 4.79 Å². The number of carbonyl (C=O) groups excluding carboxylic acids is 1. The Kier molecular flexibility index (Phi) is 4.50. The van der Waals surface area contributed by atoms with Gasteiger partial charge in [0.2, 0.25) is 11.8 Å². The van der Waals surface area contributed by atoms with Gasteiger partial charge in [-0.05, 0) is 38.8 Å². The number of piperidine rings is 1. The number of hydrogen-bond acceptors (Lipinski definition) is 6. The Morgan fingerprint density at radius 2 is 2.29 bits per heavy atom. The molecule has 1 amide bonds. The lowest BCUT2D eigenvalue weighted by Crippen LogP contribution is -2.48. The Labute approximate surface area is 124 Å². The molecule has 1 aromatic heterocycles. The summed E-state index contributed by atoms with van der Waals surface area (Å²) in [5.74, 6) is 0.964. The molecule has 0 spiro atoms. The smallest absolute Gasteiger partial charge is 0.322 e. The third-order valence-electron chi connectivity index (χ3n) is 4.15. The van der Waals surface area contributed by atoms with Crippen molar-refractivity contribution >= 4 is 11.9 Å². The average Bonchev–Trinajstić information content (AvgIpc) is 3.26. The minimum Gasteiger partial charge on any atom is -0.408 e. The monoisotopic (exact) mass is 293 g/mol. The predicted molar refractivity (Wildman–Crippen MR) is 78.0 cm³/mol. The van der Waals surface area contributed by atoms with Crippen molar-refractivity contribution in [2.75, 3.05) is 31.5 Å².